The van der Waals surface area contributed by atoms with Crippen molar-refractivity contribution in [3.63, 3.8) is 0 Å². The predicted molar refractivity (Wildman–Crippen MR) is 117 cm³/mol. The summed E-state index contributed by atoms with van der Waals surface area (Å²) in [6.07, 6.45) is 0.0236. The van der Waals surface area contributed by atoms with E-state index in [1.54, 1.807) is 36.4 Å². The standard InChI is InChI=1S/C20H21N3O6S2/c1-21-20(24)18(13-14-9-11-16(12-10-14)22-31(27,28)29)23-30(25,26)19-8-4-6-15-5-2-3-7-17(15)19/h2-12,18,22-23H,13H2,1H3,(H,21,24)(H,27,28,29)/t18-/m0/s1. The van der Waals surface area contributed by atoms with Crippen LogP contribution < -0.4 is 14.8 Å². The Morgan fingerprint density at radius 2 is 1.58 bits per heavy atom. The van der Waals surface area contributed by atoms with Gasteiger partial charge in [-0.2, -0.15) is 13.1 Å². The minimum Gasteiger partial charge on any atom is -0.358 e. The number of rotatable bonds is 8. The van der Waals surface area contributed by atoms with Crippen molar-refractivity contribution < 1.29 is 26.2 Å². The minimum atomic E-state index is -4.41. The van der Waals surface area contributed by atoms with Crippen molar-refractivity contribution >= 4 is 42.7 Å². The number of carbonyl (C=O) groups excluding carboxylic acids is 1. The molecule has 0 spiro atoms. The Kier molecular flexibility index (Phi) is 6.60. The molecule has 31 heavy (non-hydrogen) atoms. The summed E-state index contributed by atoms with van der Waals surface area (Å²) >= 11 is 0. The molecule has 4 N–H and O–H groups in total. The molecule has 3 rings (SSSR count). The normalized spacial score (nSPS) is 13.0. The quantitative estimate of drug-likeness (QED) is 0.375. The lowest BCUT2D eigenvalue weighted by Crippen LogP contribution is -2.46. The largest absolute Gasteiger partial charge is 0.358 e. The lowest BCUT2D eigenvalue weighted by molar-refractivity contribution is -0.122. The van der Waals surface area contributed by atoms with E-state index < -0.39 is 32.3 Å². The zero-order valence-electron chi connectivity index (χ0n) is 16.4. The number of likely N-dealkylation sites (N-methyl/N-ethyl adjacent to an activating group) is 1. The van der Waals surface area contributed by atoms with Gasteiger partial charge in [0, 0.05) is 12.4 Å². The van der Waals surface area contributed by atoms with Crippen molar-refractivity contribution in [3.8, 4) is 0 Å². The lowest BCUT2D eigenvalue weighted by Gasteiger charge is -2.18. The maximum Gasteiger partial charge on any atom is 0.357 e. The van der Waals surface area contributed by atoms with Crippen molar-refractivity contribution in [2.45, 2.75) is 17.4 Å². The number of hydrogen-bond acceptors (Lipinski definition) is 5. The highest BCUT2D eigenvalue weighted by molar-refractivity contribution is 7.89. The van der Waals surface area contributed by atoms with Gasteiger partial charge in [0.15, 0.2) is 0 Å². The molecule has 3 aromatic carbocycles. The second kappa shape index (κ2) is 9.02. The van der Waals surface area contributed by atoms with Gasteiger partial charge in [0.25, 0.3) is 0 Å². The summed E-state index contributed by atoms with van der Waals surface area (Å²) in [5.41, 5.74) is 0.703. The smallest absolute Gasteiger partial charge is 0.357 e. The van der Waals surface area contributed by atoms with Gasteiger partial charge in [-0.05, 0) is 35.6 Å². The van der Waals surface area contributed by atoms with Crippen LogP contribution in [0.5, 0.6) is 0 Å². The molecule has 0 heterocycles. The van der Waals surface area contributed by atoms with E-state index in [0.717, 1.165) is 5.39 Å². The van der Waals surface area contributed by atoms with E-state index in [9.17, 15) is 21.6 Å². The Balaban J connectivity index is 1.87. The van der Waals surface area contributed by atoms with Crippen LogP contribution in [0.15, 0.2) is 71.6 Å². The van der Waals surface area contributed by atoms with E-state index >= 15 is 0 Å². The summed E-state index contributed by atoms with van der Waals surface area (Å²) in [4.78, 5) is 12.4. The van der Waals surface area contributed by atoms with Crippen LogP contribution in [-0.2, 0) is 31.5 Å². The molecule has 0 saturated heterocycles. The summed E-state index contributed by atoms with van der Waals surface area (Å²) in [5.74, 6) is -0.524. The van der Waals surface area contributed by atoms with E-state index in [0.29, 0.717) is 10.9 Å². The van der Waals surface area contributed by atoms with Crippen LogP contribution in [0.4, 0.5) is 5.69 Å². The second-order valence-corrected chi connectivity index (χ2v) is 9.58. The molecule has 0 bridgehead atoms. The fraction of sp³-hybridized carbons (Fsp3) is 0.150. The number of fused-ring (bicyclic) bond motifs is 1. The van der Waals surface area contributed by atoms with E-state index in [1.807, 2.05) is 4.72 Å². The van der Waals surface area contributed by atoms with Gasteiger partial charge in [-0.25, -0.2) is 8.42 Å². The molecule has 11 heteroatoms. The first-order chi connectivity index (χ1) is 14.6. The first-order valence-corrected chi connectivity index (χ1v) is 12.1. The number of amides is 1. The number of nitrogens with one attached hydrogen (secondary N) is 3. The highest BCUT2D eigenvalue weighted by Crippen LogP contribution is 2.23. The molecule has 0 aliphatic heterocycles. The third-order valence-corrected chi connectivity index (χ3v) is 6.56. The van der Waals surface area contributed by atoms with Crippen LogP contribution in [0.2, 0.25) is 0 Å². The Bertz CT molecular complexity index is 1300. The molecular weight excluding hydrogens is 442 g/mol. The maximum absolute atomic E-state index is 13.1. The monoisotopic (exact) mass is 463 g/mol. The van der Waals surface area contributed by atoms with Gasteiger partial charge in [0.05, 0.1) is 10.6 Å². The van der Waals surface area contributed by atoms with Crippen LogP contribution in [0.25, 0.3) is 10.8 Å². The molecule has 0 aromatic heterocycles. The Morgan fingerprint density at radius 1 is 0.935 bits per heavy atom. The molecule has 3 aromatic rings. The zero-order chi connectivity index (χ0) is 22.6. The molecule has 0 fully saturated rings. The number of carbonyl (C=O) groups is 1. The van der Waals surface area contributed by atoms with Crippen molar-refractivity contribution in [3.05, 3.63) is 72.3 Å². The SMILES string of the molecule is CNC(=O)[C@H](Cc1ccc(NS(=O)(=O)O)cc1)NS(=O)(=O)c1cccc2ccccc12. The van der Waals surface area contributed by atoms with Gasteiger partial charge in [-0.1, -0.05) is 48.5 Å². The Hall–Kier alpha value is -2.99. The van der Waals surface area contributed by atoms with E-state index in [2.05, 4.69) is 10.0 Å². The molecule has 0 aliphatic carbocycles. The molecule has 0 unspecified atom stereocenters. The third kappa shape index (κ3) is 5.79. The highest BCUT2D eigenvalue weighted by Gasteiger charge is 2.26. The molecule has 0 aliphatic rings. The number of benzene rings is 3. The fourth-order valence-electron chi connectivity index (χ4n) is 3.14. The maximum atomic E-state index is 13.1. The Morgan fingerprint density at radius 3 is 2.23 bits per heavy atom. The minimum absolute atomic E-state index is 0.0236. The van der Waals surface area contributed by atoms with Crippen molar-refractivity contribution in [2.75, 3.05) is 11.8 Å². The van der Waals surface area contributed by atoms with Crippen molar-refractivity contribution in [1.82, 2.24) is 10.0 Å². The molecule has 9 nitrogen and oxygen atoms in total. The zero-order valence-corrected chi connectivity index (χ0v) is 18.1. The second-order valence-electron chi connectivity index (χ2n) is 6.74. The molecular formula is C20H21N3O6S2. The van der Waals surface area contributed by atoms with Gasteiger partial charge in [0.2, 0.25) is 15.9 Å². The van der Waals surface area contributed by atoms with Crippen LogP contribution >= 0.6 is 0 Å². The van der Waals surface area contributed by atoms with Crippen LogP contribution in [-0.4, -0.2) is 40.4 Å². The topological polar surface area (TPSA) is 142 Å². The lowest BCUT2D eigenvalue weighted by atomic mass is 10.1. The van der Waals surface area contributed by atoms with Crippen molar-refractivity contribution in [1.29, 1.82) is 0 Å². The van der Waals surface area contributed by atoms with E-state index in [1.165, 1.54) is 37.4 Å². The molecule has 1 amide bonds. The summed E-state index contributed by atoms with van der Waals surface area (Å²) in [6.45, 7) is 0. The van der Waals surface area contributed by atoms with E-state index in [4.69, 9.17) is 4.55 Å². The number of sulfonamides is 1. The molecule has 164 valence electrons. The van der Waals surface area contributed by atoms with Crippen LogP contribution in [0.1, 0.15) is 5.56 Å². The number of anilines is 1. The number of hydrogen-bond donors (Lipinski definition) is 4. The van der Waals surface area contributed by atoms with Crippen molar-refractivity contribution in [2.24, 2.45) is 0 Å². The van der Waals surface area contributed by atoms with Gasteiger partial charge in [0.1, 0.15) is 6.04 Å². The summed E-state index contributed by atoms with van der Waals surface area (Å²) in [6, 6.07) is 16.7. The summed E-state index contributed by atoms with van der Waals surface area (Å²) in [7, 11) is -7.03. The molecule has 1 atom stereocenters. The first kappa shape index (κ1) is 22.7. The summed E-state index contributed by atoms with van der Waals surface area (Å²) in [5, 5.41) is 3.74. The fourth-order valence-corrected chi connectivity index (χ4v) is 5.00. The molecule has 0 saturated carbocycles. The first-order valence-electron chi connectivity index (χ1n) is 9.15. The van der Waals surface area contributed by atoms with Gasteiger partial charge < -0.3 is 5.32 Å². The van der Waals surface area contributed by atoms with Gasteiger partial charge in [-0.15, -0.1) is 0 Å². The highest BCUT2D eigenvalue weighted by atomic mass is 32.2. The average molecular weight is 464 g/mol. The van der Waals surface area contributed by atoms with Crippen LogP contribution in [0, 0.1) is 0 Å². The average Bonchev–Trinajstić information content (AvgIpc) is 2.72. The summed E-state index contributed by atoms with van der Waals surface area (Å²) < 4.78 is 61.2. The van der Waals surface area contributed by atoms with Gasteiger partial charge >= 0.3 is 10.3 Å². The predicted octanol–water partition coefficient (Wildman–Crippen LogP) is 1.69. The third-order valence-electron chi connectivity index (χ3n) is 4.54. The van der Waals surface area contributed by atoms with E-state index in [-0.39, 0.29) is 17.0 Å². The molecule has 0 radical (unpaired) electrons. The van der Waals surface area contributed by atoms with Gasteiger partial charge in [-0.3, -0.25) is 14.1 Å². The Labute approximate surface area is 180 Å². The van der Waals surface area contributed by atoms with Crippen LogP contribution in [0.3, 0.4) is 0 Å².